The van der Waals surface area contributed by atoms with Gasteiger partial charge in [0.05, 0.1) is 6.61 Å². The summed E-state index contributed by atoms with van der Waals surface area (Å²) < 4.78 is 44.3. The summed E-state index contributed by atoms with van der Waals surface area (Å²) in [4.78, 5) is 11.3. The maximum atomic E-state index is 12.0. The summed E-state index contributed by atoms with van der Waals surface area (Å²) in [5.74, 6) is -1.16. The smallest absolute Gasteiger partial charge is 0.462 e. The van der Waals surface area contributed by atoms with Crippen molar-refractivity contribution in [1.82, 2.24) is 0 Å². The lowest BCUT2D eigenvalue weighted by molar-refractivity contribution is -0.274. The molecule has 1 N–H and O–H groups in total. The summed E-state index contributed by atoms with van der Waals surface area (Å²) in [5.41, 5.74) is 0.119. The van der Waals surface area contributed by atoms with Gasteiger partial charge in [-0.3, -0.25) is 0 Å². The Balaban J connectivity index is 2.71. The molecular formula is C13H11F3N2O3. The second kappa shape index (κ2) is 7.19. The molecule has 0 aliphatic carbocycles. The van der Waals surface area contributed by atoms with Crippen LogP contribution >= 0.6 is 0 Å². The summed E-state index contributed by atoms with van der Waals surface area (Å²) in [6, 6.07) is 6.45. The Kier molecular flexibility index (Phi) is 5.60. The first-order valence-corrected chi connectivity index (χ1v) is 5.75. The fraction of sp³-hybridized carbons (Fsp3) is 0.231. The van der Waals surface area contributed by atoms with E-state index >= 15 is 0 Å². The number of hydrogen-bond donors (Lipinski definition) is 1. The van der Waals surface area contributed by atoms with Gasteiger partial charge < -0.3 is 14.8 Å². The van der Waals surface area contributed by atoms with Crippen LogP contribution in [0, 0.1) is 11.3 Å². The molecule has 0 heterocycles. The van der Waals surface area contributed by atoms with Crippen molar-refractivity contribution in [3.8, 4) is 11.8 Å². The van der Waals surface area contributed by atoms with Crippen LogP contribution < -0.4 is 10.1 Å². The van der Waals surface area contributed by atoms with Crippen LogP contribution in [0.3, 0.4) is 0 Å². The zero-order valence-corrected chi connectivity index (χ0v) is 10.9. The number of benzene rings is 1. The molecule has 1 aromatic rings. The summed E-state index contributed by atoms with van der Waals surface area (Å²) in [6.07, 6.45) is -3.65. The van der Waals surface area contributed by atoms with Crippen LogP contribution in [0.25, 0.3) is 0 Å². The van der Waals surface area contributed by atoms with E-state index in [1.54, 1.807) is 13.0 Å². The number of alkyl halides is 3. The Labute approximate surface area is 118 Å². The summed E-state index contributed by atoms with van der Waals surface area (Å²) >= 11 is 0. The molecule has 1 rings (SSSR count). The molecule has 0 radical (unpaired) electrons. The van der Waals surface area contributed by atoms with E-state index in [1.807, 2.05) is 0 Å². The predicted molar refractivity (Wildman–Crippen MR) is 67.1 cm³/mol. The molecule has 0 unspecified atom stereocenters. The zero-order valence-electron chi connectivity index (χ0n) is 10.9. The molecule has 112 valence electrons. The minimum atomic E-state index is -4.76. The third kappa shape index (κ3) is 5.86. The largest absolute Gasteiger partial charge is 0.573 e. The molecule has 0 aliphatic rings. The third-order valence-electron chi connectivity index (χ3n) is 2.09. The van der Waals surface area contributed by atoms with Crippen molar-refractivity contribution in [2.45, 2.75) is 13.3 Å². The average Bonchev–Trinajstić information content (AvgIpc) is 2.40. The summed E-state index contributed by atoms with van der Waals surface area (Å²) in [5, 5.41) is 11.4. The van der Waals surface area contributed by atoms with Crippen LogP contribution in [0.2, 0.25) is 0 Å². The van der Waals surface area contributed by atoms with Gasteiger partial charge in [0.15, 0.2) is 5.57 Å². The molecule has 1 aromatic carbocycles. The van der Waals surface area contributed by atoms with Crippen LogP contribution in [-0.2, 0) is 9.53 Å². The lowest BCUT2D eigenvalue weighted by Gasteiger charge is -2.09. The number of carbonyl (C=O) groups is 1. The topological polar surface area (TPSA) is 71.4 Å². The molecule has 0 atom stereocenters. The van der Waals surface area contributed by atoms with Gasteiger partial charge in [-0.2, -0.15) is 5.26 Å². The molecule has 0 aromatic heterocycles. The maximum Gasteiger partial charge on any atom is 0.573 e. The number of carbonyl (C=O) groups excluding carboxylic acids is 1. The average molecular weight is 300 g/mol. The highest BCUT2D eigenvalue weighted by atomic mass is 19.4. The van der Waals surface area contributed by atoms with Gasteiger partial charge in [-0.1, -0.05) is 0 Å². The minimum absolute atomic E-state index is 0.126. The molecule has 21 heavy (non-hydrogen) atoms. The van der Waals surface area contributed by atoms with Crippen molar-refractivity contribution in [3.63, 3.8) is 0 Å². The molecule has 0 amide bonds. The Hall–Kier alpha value is -2.69. The van der Waals surface area contributed by atoms with Crippen LogP contribution in [0.15, 0.2) is 36.0 Å². The van der Waals surface area contributed by atoms with E-state index < -0.39 is 12.3 Å². The minimum Gasteiger partial charge on any atom is -0.462 e. The van der Waals surface area contributed by atoms with Gasteiger partial charge in [-0.25, -0.2) is 4.79 Å². The summed E-state index contributed by atoms with van der Waals surface area (Å²) in [6.45, 7) is 1.72. The SMILES string of the molecule is CCOC(=O)C(C#N)=CNc1ccc(OC(F)(F)F)cc1. The number of nitrogens with one attached hydrogen (secondary N) is 1. The number of hydrogen-bond acceptors (Lipinski definition) is 5. The van der Waals surface area contributed by atoms with Crippen molar-refractivity contribution in [3.05, 3.63) is 36.0 Å². The molecular weight excluding hydrogens is 289 g/mol. The number of anilines is 1. The standard InChI is InChI=1S/C13H11F3N2O3/c1-2-20-12(19)9(7-17)8-18-10-3-5-11(6-4-10)21-13(14,15)16/h3-6,8,18H,2H2,1H3. The van der Waals surface area contributed by atoms with E-state index in [4.69, 9.17) is 5.26 Å². The number of halogens is 3. The number of rotatable bonds is 5. The molecule has 0 aliphatic heterocycles. The molecule has 0 saturated heterocycles. The van der Waals surface area contributed by atoms with Gasteiger partial charge in [0.25, 0.3) is 0 Å². The van der Waals surface area contributed by atoms with E-state index in [9.17, 15) is 18.0 Å². The van der Waals surface area contributed by atoms with E-state index in [-0.39, 0.29) is 17.9 Å². The van der Waals surface area contributed by atoms with Crippen LogP contribution in [0.1, 0.15) is 6.92 Å². The van der Waals surface area contributed by atoms with Gasteiger partial charge >= 0.3 is 12.3 Å². The Bertz CT molecular complexity index is 560. The highest BCUT2D eigenvalue weighted by Gasteiger charge is 2.30. The normalized spacial score (nSPS) is 11.5. The van der Waals surface area contributed by atoms with Gasteiger partial charge in [-0.05, 0) is 31.2 Å². The molecule has 0 bridgehead atoms. The van der Waals surface area contributed by atoms with Crippen molar-refractivity contribution in [2.75, 3.05) is 11.9 Å². The van der Waals surface area contributed by atoms with Crippen LogP contribution in [0.5, 0.6) is 5.75 Å². The lowest BCUT2D eigenvalue weighted by Crippen LogP contribution is -2.16. The Morgan fingerprint density at radius 2 is 2.00 bits per heavy atom. The number of ether oxygens (including phenoxy) is 2. The van der Waals surface area contributed by atoms with Gasteiger partial charge in [0.2, 0.25) is 0 Å². The van der Waals surface area contributed by atoms with Crippen LogP contribution in [0.4, 0.5) is 18.9 Å². The van der Waals surface area contributed by atoms with E-state index in [0.717, 1.165) is 18.3 Å². The monoisotopic (exact) mass is 300 g/mol. The van der Waals surface area contributed by atoms with Gasteiger partial charge in [0, 0.05) is 11.9 Å². The fourth-order valence-corrected chi connectivity index (χ4v) is 1.25. The highest BCUT2D eigenvalue weighted by Crippen LogP contribution is 2.23. The van der Waals surface area contributed by atoms with Crippen molar-refractivity contribution in [1.29, 1.82) is 5.26 Å². The van der Waals surface area contributed by atoms with Crippen LogP contribution in [-0.4, -0.2) is 18.9 Å². The van der Waals surface area contributed by atoms with E-state index in [2.05, 4.69) is 14.8 Å². The first-order chi connectivity index (χ1) is 9.85. The summed E-state index contributed by atoms with van der Waals surface area (Å²) in [7, 11) is 0. The molecule has 0 spiro atoms. The van der Waals surface area contributed by atoms with Crippen molar-refractivity contribution in [2.24, 2.45) is 0 Å². The van der Waals surface area contributed by atoms with Crippen molar-refractivity contribution >= 4 is 11.7 Å². The maximum absolute atomic E-state index is 12.0. The number of nitrogens with zero attached hydrogens (tertiary/aromatic N) is 1. The van der Waals surface area contributed by atoms with Gasteiger partial charge in [0.1, 0.15) is 11.8 Å². The predicted octanol–water partition coefficient (Wildman–Crippen LogP) is 2.97. The highest BCUT2D eigenvalue weighted by molar-refractivity contribution is 5.93. The third-order valence-corrected chi connectivity index (χ3v) is 2.09. The quantitative estimate of drug-likeness (QED) is 0.514. The lowest BCUT2D eigenvalue weighted by atomic mass is 10.3. The van der Waals surface area contributed by atoms with Gasteiger partial charge in [-0.15, -0.1) is 13.2 Å². The van der Waals surface area contributed by atoms with E-state index in [1.165, 1.54) is 12.1 Å². The fourth-order valence-electron chi connectivity index (χ4n) is 1.25. The number of esters is 1. The first-order valence-electron chi connectivity index (χ1n) is 5.75. The molecule has 0 fully saturated rings. The second-order valence-electron chi connectivity index (χ2n) is 3.61. The number of nitriles is 1. The Morgan fingerprint density at radius 1 is 1.38 bits per heavy atom. The molecule has 5 nitrogen and oxygen atoms in total. The van der Waals surface area contributed by atoms with E-state index in [0.29, 0.717) is 5.69 Å². The first kappa shape index (κ1) is 16.4. The second-order valence-corrected chi connectivity index (χ2v) is 3.61. The van der Waals surface area contributed by atoms with Crippen molar-refractivity contribution < 1.29 is 27.4 Å². The Morgan fingerprint density at radius 3 is 2.48 bits per heavy atom. The molecule has 8 heteroatoms. The molecule has 0 saturated carbocycles. The zero-order chi connectivity index (χ0) is 15.9.